The second kappa shape index (κ2) is 7.36. The van der Waals surface area contributed by atoms with Crippen LogP contribution in [0.4, 0.5) is 0 Å². The molecule has 0 aliphatic carbocycles. The van der Waals surface area contributed by atoms with Crippen molar-refractivity contribution in [1.82, 2.24) is 9.88 Å². The molecular weight excluding hydrogens is 256 g/mol. The van der Waals surface area contributed by atoms with Gasteiger partial charge in [-0.15, -0.1) is 0 Å². The maximum atomic E-state index is 12.4. The molecule has 1 fully saturated rings. The lowest BCUT2D eigenvalue weighted by Crippen LogP contribution is -2.30. The predicted molar refractivity (Wildman–Crippen MR) is 75.7 cm³/mol. The first-order valence-electron chi connectivity index (χ1n) is 7.00. The molecule has 0 bridgehead atoms. The summed E-state index contributed by atoms with van der Waals surface area (Å²) in [7, 11) is 1.66. The Kier molecular flexibility index (Phi) is 5.49. The Labute approximate surface area is 119 Å². The number of nitrogens with zero attached hydrogens (tertiary/aromatic N) is 2. The number of hydrogen-bond donors (Lipinski definition) is 0. The standard InChI is InChI=1S/C15H22N2O3/c1-12-14(4-3-6-16-12)15(18)17-7-5-13(10-17)11-20-9-8-19-2/h3-4,6,13H,5,7-11H2,1-2H3. The number of amides is 1. The first kappa shape index (κ1) is 14.9. The van der Waals surface area contributed by atoms with Gasteiger partial charge in [-0.1, -0.05) is 0 Å². The van der Waals surface area contributed by atoms with Gasteiger partial charge in [-0.3, -0.25) is 9.78 Å². The van der Waals surface area contributed by atoms with Crippen molar-refractivity contribution in [2.45, 2.75) is 13.3 Å². The Morgan fingerprint density at radius 2 is 2.35 bits per heavy atom. The molecule has 0 aromatic carbocycles. The lowest BCUT2D eigenvalue weighted by Gasteiger charge is -2.17. The third-order valence-electron chi connectivity index (χ3n) is 3.60. The van der Waals surface area contributed by atoms with Gasteiger partial charge in [0.1, 0.15) is 0 Å². The monoisotopic (exact) mass is 278 g/mol. The van der Waals surface area contributed by atoms with E-state index in [-0.39, 0.29) is 5.91 Å². The van der Waals surface area contributed by atoms with Crippen LogP contribution in [-0.4, -0.2) is 55.8 Å². The number of hydrogen-bond acceptors (Lipinski definition) is 4. The fourth-order valence-electron chi connectivity index (χ4n) is 2.43. The Morgan fingerprint density at radius 3 is 3.10 bits per heavy atom. The molecule has 2 rings (SSSR count). The van der Waals surface area contributed by atoms with Crippen LogP contribution in [-0.2, 0) is 9.47 Å². The van der Waals surface area contributed by atoms with Gasteiger partial charge in [0, 0.05) is 38.0 Å². The zero-order valence-corrected chi connectivity index (χ0v) is 12.2. The van der Waals surface area contributed by atoms with Gasteiger partial charge in [0.05, 0.1) is 25.4 Å². The molecule has 0 saturated carbocycles. The molecule has 110 valence electrons. The van der Waals surface area contributed by atoms with E-state index in [0.717, 1.165) is 25.2 Å². The third-order valence-corrected chi connectivity index (χ3v) is 3.60. The van der Waals surface area contributed by atoms with Crippen LogP contribution in [0, 0.1) is 12.8 Å². The number of likely N-dealkylation sites (tertiary alicyclic amines) is 1. The molecule has 1 aliphatic heterocycles. The summed E-state index contributed by atoms with van der Waals surface area (Å²) in [5, 5.41) is 0. The lowest BCUT2D eigenvalue weighted by molar-refractivity contribution is 0.0515. The summed E-state index contributed by atoms with van der Waals surface area (Å²) in [5.74, 6) is 0.503. The van der Waals surface area contributed by atoms with Crippen LogP contribution in [0.5, 0.6) is 0 Å². The van der Waals surface area contributed by atoms with E-state index < -0.39 is 0 Å². The summed E-state index contributed by atoms with van der Waals surface area (Å²) in [6, 6.07) is 3.65. The van der Waals surface area contributed by atoms with Crippen LogP contribution >= 0.6 is 0 Å². The molecule has 5 nitrogen and oxygen atoms in total. The molecule has 2 heterocycles. The largest absolute Gasteiger partial charge is 0.382 e. The first-order chi connectivity index (χ1) is 9.72. The van der Waals surface area contributed by atoms with Crippen molar-refractivity contribution in [2.24, 2.45) is 5.92 Å². The molecule has 1 amide bonds. The van der Waals surface area contributed by atoms with E-state index in [2.05, 4.69) is 4.98 Å². The minimum absolute atomic E-state index is 0.0787. The zero-order chi connectivity index (χ0) is 14.4. The summed E-state index contributed by atoms with van der Waals surface area (Å²) < 4.78 is 10.5. The van der Waals surface area contributed by atoms with Crippen molar-refractivity contribution in [2.75, 3.05) is 40.0 Å². The number of pyridine rings is 1. The number of aryl methyl sites for hydroxylation is 1. The summed E-state index contributed by atoms with van der Waals surface area (Å²) in [6.45, 7) is 5.35. The average molecular weight is 278 g/mol. The maximum Gasteiger partial charge on any atom is 0.255 e. The van der Waals surface area contributed by atoms with Crippen LogP contribution in [0.2, 0.25) is 0 Å². The minimum Gasteiger partial charge on any atom is -0.382 e. The molecule has 1 saturated heterocycles. The van der Waals surface area contributed by atoms with E-state index in [4.69, 9.17) is 9.47 Å². The Morgan fingerprint density at radius 1 is 1.50 bits per heavy atom. The molecule has 1 unspecified atom stereocenters. The van der Waals surface area contributed by atoms with E-state index in [1.807, 2.05) is 24.0 Å². The molecular formula is C15H22N2O3. The molecule has 0 radical (unpaired) electrons. The topological polar surface area (TPSA) is 51.7 Å². The molecule has 5 heteroatoms. The van der Waals surface area contributed by atoms with E-state index in [1.165, 1.54) is 0 Å². The Hall–Kier alpha value is -1.46. The van der Waals surface area contributed by atoms with Crippen LogP contribution in [0.15, 0.2) is 18.3 Å². The normalized spacial score (nSPS) is 18.5. The molecule has 1 aromatic rings. The van der Waals surface area contributed by atoms with Gasteiger partial charge in [-0.25, -0.2) is 0 Å². The molecule has 1 atom stereocenters. The number of methoxy groups -OCH3 is 1. The van der Waals surface area contributed by atoms with Gasteiger partial charge in [-0.2, -0.15) is 0 Å². The second-order valence-electron chi connectivity index (χ2n) is 5.11. The van der Waals surface area contributed by atoms with Crippen molar-refractivity contribution in [3.8, 4) is 0 Å². The van der Waals surface area contributed by atoms with E-state index in [0.29, 0.717) is 31.3 Å². The van der Waals surface area contributed by atoms with Crippen molar-refractivity contribution in [1.29, 1.82) is 0 Å². The summed E-state index contributed by atoms with van der Waals surface area (Å²) in [6.07, 6.45) is 2.71. The summed E-state index contributed by atoms with van der Waals surface area (Å²) in [5.41, 5.74) is 1.49. The summed E-state index contributed by atoms with van der Waals surface area (Å²) in [4.78, 5) is 18.5. The molecule has 1 aliphatic rings. The highest BCUT2D eigenvalue weighted by Gasteiger charge is 2.27. The van der Waals surface area contributed by atoms with Gasteiger partial charge in [0.15, 0.2) is 0 Å². The average Bonchev–Trinajstić information content (AvgIpc) is 2.92. The molecule has 0 spiro atoms. The van der Waals surface area contributed by atoms with Gasteiger partial charge in [0.2, 0.25) is 0 Å². The number of rotatable bonds is 6. The Bertz CT molecular complexity index is 450. The molecule has 0 N–H and O–H groups in total. The van der Waals surface area contributed by atoms with Gasteiger partial charge in [0.25, 0.3) is 5.91 Å². The zero-order valence-electron chi connectivity index (χ0n) is 12.2. The highest BCUT2D eigenvalue weighted by molar-refractivity contribution is 5.95. The van der Waals surface area contributed by atoms with Crippen molar-refractivity contribution in [3.05, 3.63) is 29.6 Å². The van der Waals surface area contributed by atoms with Gasteiger partial charge in [-0.05, 0) is 25.5 Å². The van der Waals surface area contributed by atoms with Gasteiger partial charge < -0.3 is 14.4 Å². The number of aromatic nitrogens is 1. The second-order valence-corrected chi connectivity index (χ2v) is 5.11. The predicted octanol–water partition coefficient (Wildman–Crippen LogP) is 1.52. The third kappa shape index (κ3) is 3.77. The van der Waals surface area contributed by atoms with Crippen LogP contribution in [0.3, 0.4) is 0 Å². The van der Waals surface area contributed by atoms with Crippen LogP contribution < -0.4 is 0 Å². The van der Waals surface area contributed by atoms with E-state index in [9.17, 15) is 4.79 Å². The Balaban J connectivity index is 1.83. The quantitative estimate of drug-likeness (QED) is 0.740. The van der Waals surface area contributed by atoms with Crippen molar-refractivity contribution >= 4 is 5.91 Å². The van der Waals surface area contributed by atoms with Crippen LogP contribution in [0.1, 0.15) is 22.5 Å². The van der Waals surface area contributed by atoms with E-state index >= 15 is 0 Å². The first-order valence-corrected chi connectivity index (χ1v) is 7.00. The smallest absolute Gasteiger partial charge is 0.255 e. The fraction of sp³-hybridized carbons (Fsp3) is 0.600. The fourth-order valence-corrected chi connectivity index (χ4v) is 2.43. The SMILES string of the molecule is COCCOCC1CCN(C(=O)c2cccnc2C)C1. The number of carbonyl (C=O) groups excluding carboxylic acids is 1. The molecule has 20 heavy (non-hydrogen) atoms. The van der Waals surface area contributed by atoms with Crippen molar-refractivity contribution in [3.63, 3.8) is 0 Å². The minimum atomic E-state index is 0.0787. The molecule has 1 aromatic heterocycles. The number of ether oxygens (including phenoxy) is 2. The van der Waals surface area contributed by atoms with E-state index in [1.54, 1.807) is 13.3 Å². The van der Waals surface area contributed by atoms with Crippen LogP contribution in [0.25, 0.3) is 0 Å². The highest BCUT2D eigenvalue weighted by atomic mass is 16.5. The summed E-state index contributed by atoms with van der Waals surface area (Å²) >= 11 is 0. The van der Waals surface area contributed by atoms with Gasteiger partial charge >= 0.3 is 0 Å². The maximum absolute atomic E-state index is 12.4. The lowest BCUT2D eigenvalue weighted by atomic mass is 10.1. The van der Waals surface area contributed by atoms with Crippen molar-refractivity contribution < 1.29 is 14.3 Å². The number of carbonyl (C=O) groups is 1. The highest BCUT2D eigenvalue weighted by Crippen LogP contribution is 2.19.